The van der Waals surface area contributed by atoms with Gasteiger partial charge in [0.25, 0.3) is 0 Å². The van der Waals surface area contributed by atoms with E-state index in [2.05, 4.69) is 37.2 Å². The number of nitrogens with one attached hydrogen (secondary N) is 1. The molecule has 1 N–H and O–H groups in total. The van der Waals surface area contributed by atoms with Crippen molar-refractivity contribution in [2.75, 3.05) is 5.32 Å². The molecule has 0 bridgehead atoms. The Morgan fingerprint density at radius 2 is 2.00 bits per heavy atom. The molecular weight excluding hydrogens is 401 g/mol. The van der Waals surface area contributed by atoms with Crippen LogP contribution in [0.5, 0.6) is 0 Å². The van der Waals surface area contributed by atoms with Gasteiger partial charge in [-0.25, -0.2) is 4.39 Å². The SMILES string of the molecule is O=C1CCc2cc(C(Br)c3cccc(Br)c3)c(F)cc2N1. The monoisotopic (exact) mass is 411 g/mol. The van der Waals surface area contributed by atoms with Crippen molar-refractivity contribution in [3.63, 3.8) is 0 Å². The van der Waals surface area contributed by atoms with Gasteiger partial charge in [0.15, 0.2) is 0 Å². The zero-order valence-corrected chi connectivity index (χ0v) is 14.2. The number of halogens is 3. The normalized spacial score (nSPS) is 15.3. The van der Waals surface area contributed by atoms with Crippen LogP contribution < -0.4 is 5.32 Å². The predicted molar refractivity (Wildman–Crippen MR) is 88.3 cm³/mol. The summed E-state index contributed by atoms with van der Waals surface area (Å²) in [5, 5.41) is 2.71. The van der Waals surface area contributed by atoms with Crippen molar-refractivity contribution in [3.8, 4) is 0 Å². The van der Waals surface area contributed by atoms with Gasteiger partial charge in [-0.3, -0.25) is 4.79 Å². The third-order valence-corrected chi connectivity index (χ3v) is 5.05. The minimum absolute atomic E-state index is 0.0583. The van der Waals surface area contributed by atoms with E-state index in [0.29, 0.717) is 24.1 Å². The van der Waals surface area contributed by atoms with E-state index in [1.165, 1.54) is 6.07 Å². The molecule has 1 heterocycles. The van der Waals surface area contributed by atoms with Crippen molar-refractivity contribution in [3.05, 3.63) is 63.4 Å². The Hall–Kier alpha value is -1.20. The number of alkyl halides is 1. The number of hydrogen-bond donors (Lipinski definition) is 1. The first-order valence-corrected chi connectivity index (χ1v) is 8.27. The Morgan fingerprint density at radius 3 is 2.76 bits per heavy atom. The summed E-state index contributed by atoms with van der Waals surface area (Å²) >= 11 is 7.00. The lowest BCUT2D eigenvalue weighted by molar-refractivity contribution is -0.116. The molecule has 1 aliphatic heterocycles. The summed E-state index contributed by atoms with van der Waals surface area (Å²) in [4.78, 5) is 11.1. The van der Waals surface area contributed by atoms with Crippen molar-refractivity contribution in [2.45, 2.75) is 17.7 Å². The van der Waals surface area contributed by atoms with Gasteiger partial charge in [0, 0.05) is 22.1 Å². The number of benzene rings is 2. The molecule has 1 unspecified atom stereocenters. The molecule has 2 nitrogen and oxygen atoms in total. The van der Waals surface area contributed by atoms with Crippen LogP contribution in [0.25, 0.3) is 0 Å². The molecule has 0 radical (unpaired) electrons. The molecule has 1 aliphatic rings. The lowest BCUT2D eigenvalue weighted by atomic mass is 9.96. The summed E-state index contributed by atoms with van der Waals surface area (Å²) in [5.74, 6) is -0.380. The van der Waals surface area contributed by atoms with Crippen LogP contribution in [-0.2, 0) is 11.2 Å². The van der Waals surface area contributed by atoms with Crippen LogP contribution in [0, 0.1) is 5.82 Å². The van der Waals surface area contributed by atoms with Gasteiger partial charge in [-0.15, -0.1) is 0 Å². The number of amides is 1. The molecule has 1 amide bonds. The molecule has 0 saturated carbocycles. The van der Waals surface area contributed by atoms with Crippen LogP contribution >= 0.6 is 31.9 Å². The first-order chi connectivity index (χ1) is 10.0. The highest BCUT2D eigenvalue weighted by Gasteiger charge is 2.21. The second-order valence-electron chi connectivity index (χ2n) is 5.00. The first kappa shape index (κ1) is 14.7. The Morgan fingerprint density at radius 1 is 1.19 bits per heavy atom. The fraction of sp³-hybridized carbons (Fsp3) is 0.188. The molecule has 108 valence electrons. The molecule has 2 aromatic carbocycles. The van der Waals surface area contributed by atoms with Crippen LogP contribution in [0.1, 0.15) is 27.9 Å². The Balaban J connectivity index is 2.01. The van der Waals surface area contributed by atoms with E-state index in [-0.39, 0.29) is 16.6 Å². The Bertz CT molecular complexity index is 717. The molecule has 0 spiro atoms. The van der Waals surface area contributed by atoms with E-state index in [0.717, 1.165) is 15.6 Å². The summed E-state index contributed by atoms with van der Waals surface area (Å²) in [7, 11) is 0. The topological polar surface area (TPSA) is 29.1 Å². The van der Waals surface area contributed by atoms with Gasteiger partial charge in [0.05, 0.1) is 4.83 Å². The quantitative estimate of drug-likeness (QED) is 0.694. The van der Waals surface area contributed by atoms with Crippen LogP contribution in [0.3, 0.4) is 0 Å². The number of anilines is 1. The molecule has 0 aliphatic carbocycles. The number of carbonyl (C=O) groups is 1. The maximum absolute atomic E-state index is 14.3. The lowest BCUT2D eigenvalue weighted by Crippen LogP contribution is -2.19. The number of fused-ring (bicyclic) bond motifs is 1. The molecule has 2 aromatic rings. The highest BCUT2D eigenvalue weighted by atomic mass is 79.9. The van der Waals surface area contributed by atoms with E-state index >= 15 is 0 Å². The van der Waals surface area contributed by atoms with Gasteiger partial charge in [0.1, 0.15) is 5.82 Å². The maximum atomic E-state index is 14.3. The van der Waals surface area contributed by atoms with E-state index in [1.807, 2.05) is 30.3 Å². The van der Waals surface area contributed by atoms with Crippen LogP contribution in [0.15, 0.2) is 40.9 Å². The fourth-order valence-electron chi connectivity index (χ4n) is 2.46. The second kappa shape index (κ2) is 5.89. The second-order valence-corrected chi connectivity index (χ2v) is 6.83. The van der Waals surface area contributed by atoms with E-state index in [4.69, 9.17) is 0 Å². The van der Waals surface area contributed by atoms with Crippen LogP contribution in [0.4, 0.5) is 10.1 Å². The minimum atomic E-state index is -0.321. The largest absolute Gasteiger partial charge is 0.326 e. The summed E-state index contributed by atoms with van der Waals surface area (Å²) in [6, 6.07) is 11.0. The third kappa shape index (κ3) is 3.04. The Labute approximate surface area is 139 Å². The van der Waals surface area contributed by atoms with Crippen molar-refractivity contribution in [1.82, 2.24) is 0 Å². The van der Waals surface area contributed by atoms with Crippen molar-refractivity contribution in [2.24, 2.45) is 0 Å². The zero-order chi connectivity index (χ0) is 15.0. The molecule has 0 saturated heterocycles. The molecule has 0 aromatic heterocycles. The smallest absolute Gasteiger partial charge is 0.224 e. The highest BCUT2D eigenvalue weighted by Crippen LogP contribution is 2.36. The van der Waals surface area contributed by atoms with Gasteiger partial charge in [0.2, 0.25) is 5.91 Å². The molecule has 1 atom stereocenters. The number of aryl methyl sites for hydroxylation is 1. The highest BCUT2D eigenvalue weighted by molar-refractivity contribution is 9.10. The zero-order valence-electron chi connectivity index (χ0n) is 11.0. The van der Waals surface area contributed by atoms with Crippen LogP contribution in [0.2, 0.25) is 0 Å². The standard InChI is InChI=1S/C16H12Br2FNO/c17-11-3-1-2-10(6-11)16(18)12-7-9-4-5-15(21)20-14(9)8-13(12)19/h1-3,6-8,16H,4-5H2,(H,20,21). The average molecular weight is 413 g/mol. The predicted octanol–water partition coefficient (Wildman–Crippen LogP) is 4.96. The van der Waals surface area contributed by atoms with E-state index in [1.54, 1.807) is 0 Å². The van der Waals surface area contributed by atoms with Crippen LogP contribution in [-0.4, -0.2) is 5.91 Å². The molecule has 21 heavy (non-hydrogen) atoms. The van der Waals surface area contributed by atoms with Gasteiger partial charge in [-0.2, -0.15) is 0 Å². The van der Waals surface area contributed by atoms with Crippen molar-refractivity contribution >= 4 is 43.5 Å². The van der Waals surface area contributed by atoms with Gasteiger partial charge in [-0.05, 0) is 41.8 Å². The maximum Gasteiger partial charge on any atom is 0.224 e. The van der Waals surface area contributed by atoms with Gasteiger partial charge < -0.3 is 5.32 Å². The van der Waals surface area contributed by atoms with E-state index in [9.17, 15) is 9.18 Å². The first-order valence-electron chi connectivity index (χ1n) is 6.56. The molecular formula is C16H12Br2FNO. The number of rotatable bonds is 2. The van der Waals surface area contributed by atoms with Gasteiger partial charge in [-0.1, -0.05) is 44.0 Å². The molecule has 0 fully saturated rings. The lowest BCUT2D eigenvalue weighted by Gasteiger charge is -2.20. The summed E-state index contributed by atoms with van der Waals surface area (Å²) in [5.41, 5.74) is 3.12. The summed E-state index contributed by atoms with van der Waals surface area (Å²) in [6.45, 7) is 0. The average Bonchev–Trinajstić information content (AvgIpc) is 2.45. The summed E-state index contributed by atoms with van der Waals surface area (Å²) < 4.78 is 15.3. The van der Waals surface area contributed by atoms with Crippen molar-refractivity contribution < 1.29 is 9.18 Å². The third-order valence-electron chi connectivity index (χ3n) is 3.53. The van der Waals surface area contributed by atoms with Crippen molar-refractivity contribution in [1.29, 1.82) is 0 Å². The Kier molecular flexibility index (Phi) is 4.13. The van der Waals surface area contributed by atoms with E-state index < -0.39 is 0 Å². The number of carbonyl (C=O) groups excluding carboxylic acids is 1. The minimum Gasteiger partial charge on any atom is -0.326 e. The fourth-order valence-corrected chi connectivity index (χ4v) is 3.51. The van der Waals surface area contributed by atoms with Gasteiger partial charge >= 0.3 is 0 Å². The summed E-state index contributed by atoms with van der Waals surface area (Å²) in [6.07, 6.45) is 1.09. The molecule has 3 rings (SSSR count). The molecule has 5 heteroatoms. The number of hydrogen-bond acceptors (Lipinski definition) is 1.